The van der Waals surface area contributed by atoms with E-state index in [4.69, 9.17) is 5.10 Å². The highest BCUT2D eigenvalue weighted by Gasteiger charge is 2.50. The number of aromatic nitrogens is 2. The summed E-state index contributed by atoms with van der Waals surface area (Å²) in [5.74, 6) is 2.43. The highest BCUT2D eigenvalue weighted by atomic mass is 19.1. The third-order valence-electron chi connectivity index (χ3n) is 8.36. The van der Waals surface area contributed by atoms with E-state index in [1.54, 1.807) is 16.6 Å². The minimum Gasteiger partial charge on any atom is -0.351 e. The molecule has 0 unspecified atom stereocenters. The number of nitrogens with one attached hydrogen (secondary N) is 1. The molecule has 4 fully saturated rings. The lowest BCUT2D eigenvalue weighted by Gasteiger charge is -2.56. The zero-order valence-electron chi connectivity index (χ0n) is 19.8. The Kier molecular flexibility index (Phi) is 5.44. The third-order valence-corrected chi connectivity index (χ3v) is 8.36. The van der Waals surface area contributed by atoms with Crippen LogP contribution in [0.4, 0.5) is 4.39 Å². The minimum atomic E-state index is -0.220. The monoisotopic (exact) mass is 460 g/mol. The molecule has 1 N–H and O–H groups in total. The number of carbonyl (C=O) groups excluding carboxylic acids is 1. The molecule has 3 aromatic rings. The summed E-state index contributed by atoms with van der Waals surface area (Å²) in [5.41, 5.74) is 3.65. The third kappa shape index (κ3) is 4.24. The number of benzene rings is 1. The van der Waals surface area contributed by atoms with Gasteiger partial charge in [0.2, 0.25) is 0 Å². The number of hydrogen-bond acceptors (Lipinski definition) is 3. The van der Waals surface area contributed by atoms with E-state index >= 15 is 0 Å². The Morgan fingerprint density at radius 2 is 1.82 bits per heavy atom. The summed E-state index contributed by atoms with van der Waals surface area (Å²) in [4.78, 5) is 15.4. The van der Waals surface area contributed by atoms with Crippen LogP contribution in [0, 0.1) is 29.0 Å². The average Bonchev–Trinajstić information content (AvgIpc) is 3.19. The van der Waals surface area contributed by atoms with E-state index in [9.17, 15) is 9.18 Å². The highest BCUT2D eigenvalue weighted by Crippen LogP contribution is 2.59. The van der Waals surface area contributed by atoms with Crippen molar-refractivity contribution >= 4 is 11.4 Å². The van der Waals surface area contributed by atoms with Crippen molar-refractivity contribution in [3.63, 3.8) is 0 Å². The number of fused-ring (bicyclic) bond motifs is 1. The van der Waals surface area contributed by atoms with Crippen LogP contribution in [0.1, 0.15) is 60.1 Å². The highest BCUT2D eigenvalue weighted by molar-refractivity contribution is 6.00. The second-order valence-corrected chi connectivity index (χ2v) is 11.3. The molecule has 178 valence electrons. The van der Waals surface area contributed by atoms with Crippen LogP contribution in [0.5, 0.6) is 0 Å². The van der Waals surface area contributed by atoms with Gasteiger partial charge in [-0.2, -0.15) is 5.10 Å². The van der Waals surface area contributed by atoms with Crippen molar-refractivity contribution in [1.29, 1.82) is 0 Å². The molecule has 5 nitrogen and oxygen atoms in total. The molecule has 0 saturated heterocycles. The van der Waals surface area contributed by atoms with Gasteiger partial charge < -0.3 is 5.32 Å². The van der Waals surface area contributed by atoms with Gasteiger partial charge in [-0.1, -0.05) is 12.1 Å². The van der Waals surface area contributed by atoms with Crippen LogP contribution >= 0.6 is 0 Å². The summed E-state index contributed by atoms with van der Waals surface area (Å²) in [6.45, 7) is 2.05. The van der Waals surface area contributed by atoms with Crippen molar-refractivity contribution in [3.05, 3.63) is 71.3 Å². The molecule has 0 radical (unpaired) electrons. The molecule has 1 aromatic carbocycles. The average molecular weight is 461 g/mol. The van der Waals surface area contributed by atoms with E-state index in [2.05, 4.69) is 10.2 Å². The quantitative estimate of drug-likeness (QED) is 0.537. The van der Waals surface area contributed by atoms with E-state index in [-0.39, 0.29) is 11.7 Å². The smallest absolute Gasteiger partial charge is 0.253 e. The molecule has 2 aromatic heterocycles. The van der Waals surface area contributed by atoms with Gasteiger partial charge in [0.1, 0.15) is 5.82 Å². The summed E-state index contributed by atoms with van der Waals surface area (Å²) < 4.78 is 15.3. The number of pyridine rings is 1. The Morgan fingerprint density at radius 3 is 2.53 bits per heavy atom. The van der Waals surface area contributed by atoms with Crippen LogP contribution in [-0.4, -0.2) is 34.0 Å². The normalized spacial score (nSPS) is 27.6. The van der Waals surface area contributed by atoms with Crippen molar-refractivity contribution < 1.29 is 9.18 Å². The molecule has 4 aliphatic carbocycles. The standard InChI is InChI=1S/C28H33FN4O/c1-32(16-19-4-2-5-23(29)11-19)17-24-12-26-25(6-3-7-33(26)31-24)27(34)30-18-28-13-20-8-21(14-28)10-22(9-20)15-28/h2-7,11-12,20-22H,8-10,13-18H2,1H3,(H,30,34). The molecular weight excluding hydrogens is 427 g/mol. The number of carbonyl (C=O) groups is 1. The largest absolute Gasteiger partial charge is 0.351 e. The fourth-order valence-corrected chi connectivity index (χ4v) is 7.48. The summed E-state index contributed by atoms with van der Waals surface area (Å²) in [5, 5.41) is 8.00. The SMILES string of the molecule is CN(Cc1cccc(F)c1)Cc1cc2c(C(=O)NCC34CC5CC(CC(C5)C3)C4)cccn2n1. The minimum absolute atomic E-state index is 0.000843. The Morgan fingerprint density at radius 1 is 1.09 bits per heavy atom. The lowest BCUT2D eigenvalue weighted by Crippen LogP contribution is -2.51. The number of nitrogens with zero attached hydrogens (tertiary/aromatic N) is 3. The van der Waals surface area contributed by atoms with Crippen molar-refractivity contribution in [1.82, 2.24) is 19.8 Å². The number of amides is 1. The predicted molar refractivity (Wildman–Crippen MR) is 130 cm³/mol. The first-order valence-electron chi connectivity index (χ1n) is 12.6. The summed E-state index contributed by atoms with van der Waals surface area (Å²) in [6.07, 6.45) is 10.0. The van der Waals surface area contributed by atoms with Crippen LogP contribution < -0.4 is 5.32 Å². The van der Waals surface area contributed by atoms with Gasteiger partial charge in [-0.3, -0.25) is 9.69 Å². The summed E-state index contributed by atoms with van der Waals surface area (Å²) >= 11 is 0. The van der Waals surface area contributed by atoms with Crippen molar-refractivity contribution in [2.75, 3.05) is 13.6 Å². The predicted octanol–water partition coefficient (Wildman–Crippen LogP) is 5.05. The van der Waals surface area contributed by atoms with E-state index < -0.39 is 0 Å². The van der Waals surface area contributed by atoms with Gasteiger partial charge in [0.05, 0.1) is 16.8 Å². The lowest BCUT2D eigenvalue weighted by atomic mass is 9.49. The number of rotatable bonds is 7. The maximum atomic E-state index is 13.5. The molecule has 7 rings (SSSR count). The zero-order valence-corrected chi connectivity index (χ0v) is 19.8. The van der Waals surface area contributed by atoms with E-state index in [0.717, 1.165) is 41.1 Å². The van der Waals surface area contributed by atoms with Gasteiger partial charge in [-0.15, -0.1) is 0 Å². The first-order chi connectivity index (χ1) is 16.4. The molecular formula is C28H33FN4O. The number of hydrogen-bond donors (Lipinski definition) is 1. The lowest BCUT2D eigenvalue weighted by molar-refractivity contribution is -0.0503. The zero-order chi connectivity index (χ0) is 23.3. The first kappa shape index (κ1) is 21.8. The van der Waals surface area contributed by atoms with Gasteiger partial charge in [0.15, 0.2) is 0 Å². The maximum Gasteiger partial charge on any atom is 0.253 e. The van der Waals surface area contributed by atoms with Crippen LogP contribution in [0.15, 0.2) is 48.7 Å². The topological polar surface area (TPSA) is 49.6 Å². The second-order valence-electron chi connectivity index (χ2n) is 11.3. The van der Waals surface area contributed by atoms with Gasteiger partial charge in [0.25, 0.3) is 5.91 Å². The maximum absolute atomic E-state index is 13.5. The Labute approximate surface area is 200 Å². The van der Waals surface area contributed by atoms with Crippen LogP contribution in [0.3, 0.4) is 0 Å². The van der Waals surface area contributed by atoms with E-state index in [0.29, 0.717) is 24.1 Å². The van der Waals surface area contributed by atoms with Crippen LogP contribution in [-0.2, 0) is 13.1 Å². The Bertz CT molecular complexity index is 1180. The van der Waals surface area contributed by atoms with Gasteiger partial charge >= 0.3 is 0 Å². The van der Waals surface area contributed by atoms with Gasteiger partial charge in [-0.25, -0.2) is 8.91 Å². The first-order valence-corrected chi connectivity index (χ1v) is 12.6. The molecule has 0 spiro atoms. The fraction of sp³-hybridized carbons (Fsp3) is 0.500. The summed E-state index contributed by atoms with van der Waals surface area (Å²) in [6, 6.07) is 12.5. The summed E-state index contributed by atoms with van der Waals surface area (Å²) in [7, 11) is 1.99. The molecule has 2 heterocycles. The molecule has 4 bridgehead atoms. The van der Waals surface area contributed by atoms with Crippen molar-refractivity contribution in [3.8, 4) is 0 Å². The van der Waals surface area contributed by atoms with Gasteiger partial charge in [-0.05, 0) is 105 Å². The number of halogens is 1. The van der Waals surface area contributed by atoms with Crippen molar-refractivity contribution in [2.24, 2.45) is 23.2 Å². The molecule has 34 heavy (non-hydrogen) atoms. The molecule has 0 atom stereocenters. The molecule has 1 amide bonds. The van der Waals surface area contributed by atoms with Crippen LogP contribution in [0.2, 0.25) is 0 Å². The fourth-order valence-electron chi connectivity index (χ4n) is 7.48. The van der Waals surface area contributed by atoms with E-state index in [1.165, 1.54) is 44.6 Å². The molecule has 4 aliphatic rings. The van der Waals surface area contributed by atoms with Gasteiger partial charge in [0, 0.05) is 25.8 Å². The van der Waals surface area contributed by atoms with Crippen LogP contribution in [0.25, 0.3) is 5.52 Å². The molecule has 6 heteroatoms. The molecule has 0 aliphatic heterocycles. The Balaban J connectivity index is 1.14. The second kappa shape index (κ2) is 8.49. The van der Waals surface area contributed by atoms with Crippen molar-refractivity contribution in [2.45, 2.75) is 51.6 Å². The Hall–Kier alpha value is -2.73. The molecule has 4 saturated carbocycles. The van der Waals surface area contributed by atoms with E-state index in [1.807, 2.05) is 37.5 Å².